The molecule has 0 saturated heterocycles. The Morgan fingerprint density at radius 1 is 1.16 bits per heavy atom. The van der Waals surface area contributed by atoms with E-state index in [1.165, 1.54) is 0 Å². The van der Waals surface area contributed by atoms with Crippen LogP contribution in [0.25, 0.3) is 0 Å². The molecule has 0 saturated carbocycles. The van der Waals surface area contributed by atoms with Crippen LogP contribution in [0.15, 0.2) is 0 Å². The van der Waals surface area contributed by atoms with E-state index in [1.54, 1.807) is 0 Å². The number of nitrogens with one attached hydrogen (secondary N) is 1. The summed E-state index contributed by atoms with van der Waals surface area (Å²) >= 11 is 0. The molecule has 0 aliphatic carbocycles. The summed E-state index contributed by atoms with van der Waals surface area (Å²) in [6, 6.07) is -1.99. The molecule has 9 nitrogen and oxygen atoms in total. The Balaban J connectivity index is 4.49. The molecule has 0 bridgehead atoms. The molecule has 0 fully saturated rings. The molecule has 1 atom stereocenters. The lowest BCUT2D eigenvalue weighted by Crippen LogP contribution is -2.49. The highest BCUT2D eigenvalue weighted by Gasteiger charge is 2.23. The number of carboxylic acid groups (broad SMARTS) is 1. The van der Waals surface area contributed by atoms with Gasteiger partial charge in [-0.25, -0.2) is 9.59 Å². The van der Waals surface area contributed by atoms with Crippen LogP contribution in [0, 0.1) is 0 Å². The lowest BCUT2D eigenvalue weighted by molar-refractivity contribution is -0.139. The van der Waals surface area contributed by atoms with Gasteiger partial charge < -0.3 is 31.3 Å². The van der Waals surface area contributed by atoms with Crippen LogP contribution >= 0.6 is 0 Å². The van der Waals surface area contributed by atoms with Gasteiger partial charge in [0.2, 0.25) is 5.91 Å². The number of rotatable bonds is 9. The molecule has 0 aliphatic heterocycles. The van der Waals surface area contributed by atoms with Crippen LogP contribution < -0.4 is 11.1 Å². The largest absolute Gasteiger partial charge is 0.480 e. The Hall–Kier alpha value is -1.87. The minimum atomic E-state index is -1.29. The van der Waals surface area contributed by atoms with Crippen LogP contribution in [0.3, 0.4) is 0 Å². The van der Waals surface area contributed by atoms with Gasteiger partial charge >= 0.3 is 12.0 Å². The highest BCUT2D eigenvalue weighted by atomic mass is 16.4. The van der Waals surface area contributed by atoms with Crippen LogP contribution in [-0.4, -0.2) is 70.5 Å². The minimum absolute atomic E-state index is 0.0332. The zero-order valence-electron chi connectivity index (χ0n) is 10.4. The van der Waals surface area contributed by atoms with Crippen molar-refractivity contribution in [1.29, 1.82) is 0 Å². The first-order valence-electron chi connectivity index (χ1n) is 5.70. The Bertz CT molecular complexity index is 316. The summed E-state index contributed by atoms with van der Waals surface area (Å²) in [4.78, 5) is 34.3. The summed E-state index contributed by atoms with van der Waals surface area (Å²) in [5.41, 5.74) is 4.91. The fourth-order valence-corrected chi connectivity index (χ4v) is 1.34. The highest BCUT2D eigenvalue weighted by molar-refractivity contribution is 5.83. The molecule has 0 radical (unpaired) electrons. The van der Waals surface area contributed by atoms with E-state index in [0.717, 1.165) is 4.90 Å². The van der Waals surface area contributed by atoms with Gasteiger partial charge in [0.1, 0.15) is 6.04 Å². The number of nitrogens with two attached hydrogens (primary N) is 1. The Morgan fingerprint density at radius 3 is 2.05 bits per heavy atom. The second-order valence-electron chi connectivity index (χ2n) is 3.78. The van der Waals surface area contributed by atoms with Crippen LogP contribution in [-0.2, 0) is 9.59 Å². The first-order valence-corrected chi connectivity index (χ1v) is 5.70. The third-order valence-electron chi connectivity index (χ3n) is 2.30. The number of hydrogen-bond acceptors (Lipinski definition) is 5. The lowest BCUT2D eigenvalue weighted by atomic mass is 10.1. The molecule has 110 valence electrons. The predicted octanol–water partition coefficient (Wildman–Crippen LogP) is -2.30. The summed E-state index contributed by atoms with van der Waals surface area (Å²) < 4.78 is 0. The van der Waals surface area contributed by atoms with E-state index in [1.807, 2.05) is 0 Å². The molecular weight excluding hydrogens is 258 g/mol. The normalized spacial score (nSPS) is 11.7. The van der Waals surface area contributed by atoms with E-state index in [0.29, 0.717) is 0 Å². The molecule has 19 heavy (non-hydrogen) atoms. The topological polar surface area (TPSA) is 153 Å². The number of aliphatic carboxylic acids is 1. The van der Waals surface area contributed by atoms with Gasteiger partial charge in [0.25, 0.3) is 0 Å². The number of aliphatic hydroxyl groups excluding tert-OH is 2. The first-order chi connectivity index (χ1) is 8.92. The van der Waals surface area contributed by atoms with Gasteiger partial charge in [-0.2, -0.15) is 0 Å². The van der Waals surface area contributed by atoms with Gasteiger partial charge in [-0.05, 0) is 6.42 Å². The van der Waals surface area contributed by atoms with E-state index < -0.39 is 23.9 Å². The number of carbonyl (C=O) groups is 3. The third-order valence-corrected chi connectivity index (χ3v) is 2.30. The molecule has 6 N–H and O–H groups in total. The number of aliphatic hydroxyl groups is 2. The molecular formula is C10H19N3O6. The van der Waals surface area contributed by atoms with Crippen molar-refractivity contribution in [2.75, 3.05) is 26.3 Å². The van der Waals surface area contributed by atoms with Crippen LogP contribution in [0.2, 0.25) is 0 Å². The zero-order chi connectivity index (χ0) is 14.8. The molecule has 0 aromatic carbocycles. The number of carboxylic acids is 1. The van der Waals surface area contributed by atoms with Crippen LogP contribution in [0.1, 0.15) is 12.8 Å². The predicted molar refractivity (Wildman–Crippen MR) is 64.1 cm³/mol. The van der Waals surface area contributed by atoms with Gasteiger partial charge in [-0.1, -0.05) is 0 Å². The van der Waals surface area contributed by atoms with Crippen LogP contribution in [0.4, 0.5) is 4.79 Å². The Kier molecular flexibility index (Phi) is 8.22. The molecule has 0 spiro atoms. The number of primary amides is 1. The number of hydrogen-bond donors (Lipinski definition) is 5. The van der Waals surface area contributed by atoms with Crippen molar-refractivity contribution >= 4 is 17.9 Å². The minimum Gasteiger partial charge on any atom is -0.480 e. The number of carbonyl (C=O) groups excluding carboxylic acids is 2. The fourth-order valence-electron chi connectivity index (χ4n) is 1.34. The number of nitrogens with zero attached hydrogens (tertiary/aromatic N) is 1. The second-order valence-corrected chi connectivity index (χ2v) is 3.78. The standard InChI is InChI=1S/C10H19N3O6/c11-8(16)2-1-7(9(17)18)12-10(19)13(3-5-14)4-6-15/h7,14-15H,1-6H2,(H2,11,16)(H,12,19)(H,17,18)/t7-/m0/s1. The maximum Gasteiger partial charge on any atom is 0.326 e. The monoisotopic (exact) mass is 277 g/mol. The summed E-state index contributed by atoms with van der Waals surface area (Å²) in [5.74, 6) is -1.95. The van der Waals surface area contributed by atoms with E-state index in [2.05, 4.69) is 5.32 Å². The fraction of sp³-hybridized carbons (Fsp3) is 0.700. The zero-order valence-corrected chi connectivity index (χ0v) is 10.4. The molecule has 0 heterocycles. The van der Waals surface area contributed by atoms with Gasteiger partial charge in [0, 0.05) is 19.5 Å². The van der Waals surface area contributed by atoms with Crippen molar-refractivity contribution in [3.05, 3.63) is 0 Å². The number of amides is 3. The summed E-state index contributed by atoms with van der Waals surface area (Å²) in [6.45, 7) is -0.692. The van der Waals surface area contributed by atoms with E-state index in [9.17, 15) is 14.4 Å². The molecule has 3 amide bonds. The van der Waals surface area contributed by atoms with E-state index >= 15 is 0 Å². The van der Waals surface area contributed by atoms with Crippen molar-refractivity contribution in [1.82, 2.24) is 10.2 Å². The smallest absolute Gasteiger partial charge is 0.326 e. The van der Waals surface area contributed by atoms with Crippen molar-refractivity contribution in [2.24, 2.45) is 5.73 Å². The SMILES string of the molecule is NC(=O)CC[C@H](NC(=O)N(CCO)CCO)C(=O)O. The highest BCUT2D eigenvalue weighted by Crippen LogP contribution is 1.99. The molecule has 0 aliphatic rings. The maximum atomic E-state index is 11.7. The molecule has 0 aromatic rings. The molecule has 0 unspecified atom stereocenters. The van der Waals surface area contributed by atoms with Crippen molar-refractivity contribution in [2.45, 2.75) is 18.9 Å². The van der Waals surface area contributed by atoms with Crippen molar-refractivity contribution in [3.8, 4) is 0 Å². The van der Waals surface area contributed by atoms with Gasteiger partial charge in [0.05, 0.1) is 13.2 Å². The van der Waals surface area contributed by atoms with Crippen molar-refractivity contribution in [3.63, 3.8) is 0 Å². The van der Waals surface area contributed by atoms with Gasteiger partial charge in [-0.15, -0.1) is 0 Å². The van der Waals surface area contributed by atoms with Crippen molar-refractivity contribution < 1.29 is 29.7 Å². The quantitative estimate of drug-likeness (QED) is 0.319. The van der Waals surface area contributed by atoms with E-state index in [4.69, 9.17) is 21.1 Å². The summed E-state index contributed by atoms with van der Waals surface area (Å²) in [6.07, 6.45) is -0.292. The molecule has 0 rings (SSSR count). The lowest BCUT2D eigenvalue weighted by Gasteiger charge is -2.23. The molecule has 9 heteroatoms. The Labute approximate surface area is 110 Å². The van der Waals surface area contributed by atoms with Gasteiger partial charge in [-0.3, -0.25) is 4.79 Å². The average Bonchev–Trinajstić information content (AvgIpc) is 2.33. The maximum absolute atomic E-state index is 11.7. The average molecular weight is 277 g/mol. The second kappa shape index (κ2) is 9.11. The summed E-state index contributed by atoms with van der Waals surface area (Å²) in [5, 5.41) is 28.6. The van der Waals surface area contributed by atoms with E-state index in [-0.39, 0.29) is 39.1 Å². The molecule has 0 aromatic heterocycles. The third kappa shape index (κ3) is 7.21. The summed E-state index contributed by atoms with van der Waals surface area (Å²) in [7, 11) is 0. The Morgan fingerprint density at radius 2 is 1.68 bits per heavy atom. The number of urea groups is 1. The first kappa shape index (κ1) is 17.1. The van der Waals surface area contributed by atoms with Gasteiger partial charge in [0.15, 0.2) is 0 Å². The van der Waals surface area contributed by atoms with Crippen LogP contribution in [0.5, 0.6) is 0 Å².